The summed E-state index contributed by atoms with van der Waals surface area (Å²) in [7, 11) is 0. The molecule has 2 saturated carbocycles. The molecule has 94 valence electrons. The van der Waals surface area contributed by atoms with Gasteiger partial charge in [-0.1, -0.05) is 32.1 Å². The summed E-state index contributed by atoms with van der Waals surface area (Å²) in [5.41, 5.74) is 0.987. The number of hydrogen-bond acceptors (Lipinski definition) is 2. The topological polar surface area (TPSA) is 38.1 Å². The maximum absolute atomic E-state index is 9.37. The van der Waals surface area contributed by atoms with Crippen molar-refractivity contribution in [3.05, 3.63) is 18.2 Å². The standard InChI is InChI=1S/C14H22N2O/c17-9-12-8-15-10-16(12)14-7-3-5-11-4-1-2-6-13(11)14/h8,10-11,13-14,17H,1-7,9H2/t11-,13+,14-/m1/s1. The van der Waals surface area contributed by atoms with Crippen LogP contribution in [0.1, 0.15) is 56.7 Å². The number of aliphatic hydroxyl groups is 1. The number of nitrogens with zero attached hydrogens (tertiary/aromatic N) is 2. The Morgan fingerprint density at radius 2 is 2.00 bits per heavy atom. The van der Waals surface area contributed by atoms with Gasteiger partial charge in [0, 0.05) is 6.04 Å². The Morgan fingerprint density at radius 1 is 1.18 bits per heavy atom. The molecule has 0 bridgehead atoms. The van der Waals surface area contributed by atoms with Crippen LogP contribution in [0.25, 0.3) is 0 Å². The number of aromatic nitrogens is 2. The molecule has 3 heteroatoms. The quantitative estimate of drug-likeness (QED) is 0.854. The van der Waals surface area contributed by atoms with Gasteiger partial charge >= 0.3 is 0 Å². The summed E-state index contributed by atoms with van der Waals surface area (Å²) in [6, 6.07) is 0.596. The highest BCUT2D eigenvalue weighted by Gasteiger charge is 2.36. The molecule has 1 aromatic heterocycles. The van der Waals surface area contributed by atoms with E-state index in [1.165, 1.54) is 44.9 Å². The van der Waals surface area contributed by atoms with E-state index in [1.807, 2.05) is 12.5 Å². The summed E-state index contributed by atoms with van der Waals surface area (Å²) >= 11 is 0. The van der Waals surface area contributed by atoms with E-state index in [0.29, 0.717) is 6.04 Å². The summed E-state index contributed by atoms with van der Waals surface area (Å²) in [6.07, 6.45) is 13.4. The normalized spacial score (nSPS) is 33.4. The lowest BCUT2D eigenvalue weighted by Gasteiger charge is -2.42. The molecule has 0 unspecified atom stereocenters. The molecule has 3 rings (SSSR count). The molecule has 1 heterocycles. The molecule has 0 radical (unpaired) electrons. The van der Waals surface area contributed by atoms with Crippen LogP contribution >= 0.6 is 0 Å². The third kappa shape index (κ3) is 2.01. The van der Waals surface area contributed by atoms with Crippen molar-refractivity contribution in [2.24, 2.45) is 11.8 Å². The summed E-state index contributed by atoms with van der Waals surface area (Å²) in [5, 5.41) is 9.37. The van der Waals surface area contributed by atoms with E-state index in [0.717, 1.165) is 17.5 Å². The van der Waals surface area contributed by atoms with Gasteiger partial charge in [0.1, 0.15) is 0 Å². The van der Waals surface area contributed by atoms with Crippen LogP contribution in [0.3, 0.4) is 0 Å². The highest BCUT2D eigenvalue weighted by atomic mass is 16.3. The molecule has 3 atom stereocenters. The van der Waals surface area contributed by atoms with E-state index in [2.05, 4.69) is 9.55 Å². The molecule has 2 fully saturated rings. The second kappa shape index (κ2) is 4.81. The van der Waals surface area contributed by atoms with Crippen molar-refractivity contribution < 1.29 is 5.11 Å². The Labute approximate surface area is 103 Å². The number of fused-ring (bicyclic) bond motifs is 1. The van der Waals surface area contributed by atoms with Crippen LogP contribution in [0.2, 0.25) is 0 Å². The van der Waals surface area contributed by atoms with Crippen molar-refractivity contribution in [3.8, 4) is 0 Å². The minimum Gasteiger partial charge on any atom is -0.390 e. The van der Waals surface area contributed by atoms with Gasteiger partial charge in [0.05, 0.1) is 24.8 Å². The summed E-state index contributed by atoms with van der Waals surface area (Å²) in [6.45, 7) is 0.119. The molecule has 0 spiro atoms. The van der Waals surface area contributed by atoms with Gasteiger partial charge in [-0.2, -0.15) is 0 Å². The van der Waals surface area contributed by atoms with E-state index in [1.54, 1.807) is 0 Å². The maximum Gasteiger partial charge on any atom is 0.0951 e. The fraction of sp³-hybridized carbons (Fsp3) is 0.786. The Hall–Kier alpha value is -0.830. The Morgan fingerprint density at radius 3 is 2.88 bits per heavy atom. The number of hydrogen-bond donors (Lipinski definition) is 1. The zero-order valence-corrected chi connectivity index (χ0v) is 10.4. The first-order valence-corrected chi connectivity index (χ1v) is 7.01. The van der Waals surface area contributed by atoms with Crippen LogP contribution in [0.15, 0.2) is 12.5 Å². The molecule has 2 aliphatic carbocycles. The van der Waals surface area contributed by atoms with Crippen LogP contribution in [-0.2, 0) is 6.61 Å². The van der Waals surface area contributed by atoms with Crippen molar-refractivity contribution >= 4 is 0 Å². The van der Waals surface area contributed by atoms with E-state index in [4.69, 9.17) is 0 Å². The minimum absolute atomic E-state index is 0.119. The summed E-state index contributed by atoms with van der Waals surface area (Å²) in [5.74, 6) is 1.76. The van der Waals surface area contributed by atoms with Crippen LogP contribution < -0.4 is 0 Å². The molecule has 1 aromatic rings. The predicted molar refractivity (Wildman–Crippen MR) is 66.5 cm³/mol. The van der Waals surface area contributed by atoms with E-state index < -0.39 is 0 Å². The highest BCUT2D eigenvalue weighted by Crippen LogP contribution is 2.46. The number of rotatable bonds is 2. The van der Waals surface area contributed by atoms with Gasteiger partial charge in [-0.05, 0) is 24.7 Å². The van der Waals surface area contributed by atoms with Crippen LogP contribution in [0.4, 0.5) is 0 Å². The Bertz CT molecular complexity index is 372. The predicted octanol–water partition coefficient (Wildman–Crippen LogP) is 2.91. The Balaban J connectivity index is 1.85. The van der Waals surface area contributed by atoms with Crippen LogP contribution in [0.5, 0.6) is 0 Å². The van der Waals surface area contributed by atoms with Gasteiger partial charge < -0.3 is 9.67 Å². The summed E-state index contributed by atoms with van der Waals surface area (Å²) in [4.78, 5) is 4.21. The van der Waals surface area contributed by atoms with E-state index in [9.17, 15) is 5.11 Å². The van der Waals surface area contributed by atoms with Gasteiger partial charge in [-0.25, -0.2) is 4.98 Å². The monoisotopic (exact) mass is 234 g/mol. The molecule has 0 aliphatic heterocycles. The Kier molecular flexibility index (Phi) is 3.19. The molecule has 0 amide bonds. The molecule has 1 N–H and O–H groups in total. The second-order valence-corrected chi connectivity index (χ2v) is 5.66. The van der Waals surface area contributed by atoms with Gasteiger partial charge in [0.15, 0.2) is 0 Å². The largest absolute Gasteiger partial charge is 0.390 e. The lowest BCUT2D eigenvalue weighted by atomic mass is 9.68. The number of imidazole rings is 1. The fourth-order valence-electron chi connectivity index (χ4n) is 4.00. The first kappa shape index (κ1) is 11.3. The molecular weight excluding hydrogens is 212 g/mol. The molecule has 3 nitrogen and oxygen atoms in total. The van der Waals surface area contributed by atoms with Gasteiger partial charge in [0.2, 0.25) is 0 Å². The van der Waals surface area contributed by atoms with Crippen molar-refractivity contribution in [1.29, 1.82) is 0 Å². The van der Waals surface area contributed by atoms with Crippen molar-refractivity contribution in [1.82, 2.24) is 9.55 Å². The SMILES string of the molecule is OCc1cncn1[C@@H]1CCC[C@H]2CCCC[C@@H]21. The van der Waals surface area contributed by atoms with Gasteiger partial charge in [-0.3, -0.25) is 0 Å². The summed E-state index contributed by atoms with van der Waals surface area (Å²) < 4.78 is 2.25. The zero-order chi connectivity index (χ0) is 11.7. The third-order valence-corrected chi connectivity index (χ3v) is 4.80. The van der Waals surface area contributed by atoms with Crippen molar-refractivity contribution in [2.75, 3.05) is 0 Å². The van der Waals surface area contributed by atoms with Crippen LogP contribution in [0, 0.1) is 11.8 Å². The fourth-order valence-corrected chi connectivity index (χ4v) is 4.00. The smallest absolute Gasteiger partial charge is 0.0951 e. The molecular formula is C14H22N2O. The maximum atomic E-state index is 9.37. The lowest BCUT2D eigenvalue weighted by Crippen LogP contribution is -2.33. The average Bonchev–Trinajstić information content (AvgIpc) is 2.86. The van der Waals surface area contributed by atoms with E-state index in [-0.39, 0.29) is 6.61 Å². The van der Waals surface area contributed by atoms with Crippen LogP contribution in [-0.4, -0.2) is 14.7 Å². The first-order valence-electron chi connectivity index (χ1n) is 7.01. The highest BCUT2D eigenvalue weighted by molar-refractivity contribution is 5.01. The second-order valence-electron chi connectivity index (χ2n) is 5.66. The molecule has 0 saturated heterocycles. The average molecular weight is 234 g/mol. The first-order chi connectivity index (χ1) is 8.40. The molecule has 17 heavy (non-hydrogen) atoms. The lowest BCUT2D eigenvalue weighted by molar-refractivity contribution is 0.104. The minimum atomic E-state index is 0.119. The van der Waals surface area contributed by atoms with Gasteiger partial charge in [-0.15, -0.1) is 0 Å². The van der Waals surface area contributed by atoms with Crippen molar-refractivity contribution in [3.63, 3.8) is 0 Å². The number of aliphatic hydroxyl groups excluding tert-OH is 1. The zero-order valence-electron chi connectivity index (χ0n) is 10.4. The molecule has 2 aliphatic rings. The van der Waals surface area contributed by atoms with Crippen molar-refractivity contribution in [2.45, 2.75) is 57.6 Å². The molecule has 0 aromatic carbocycles. The third-order valence-electron chi connectivity index (χ3n) is 4.80. The van der Waals surface area contributed by atoms with Gasteiger partial charge in [0.25, 0.3) is 0 Å². The van der Waals surface area contributed by atoms with E-state index >= 15 is 0 Å².